The van der Waals surface area contributed by atoms with Crippen LogP contribution in [0.1, 0.15) is 31.8 Å². The predicted octanol–water partition coefficient (Wildman–Crippen LogP) is 2.60. The largest absolute Gasteiger partial charge is 0.472 e. The Morgan fingerprint density at radius 2 is 1.74 bits per heavy atom. The van der Waals surface area contributed by atoms with Gasteiger partial charge in [0.2, 0.25) is 0 Å². The van der Waals surface area contributed by atoms with Gasteiger partial charge < -0.3 is 9.64 Å². The van der Waals surface area contributed by atoms with Gasteiger partial charge >= 0.3 is 0 Å². The average Bonchev–Trinajstić information content (AvgIpc) is 3.09. The van der Waals surface area contributed by atoms with Gasteiger partial charge in [-0.1, -0.05) is 0 Å². The molecule has 1 fully saturated rings. The normalized spacial score (nSPS) is 17.5. The average molecular weight is 333 g/mol. The first-order valence-electron chi connectivity index (χ1n) is 8.01. The minimum absolute atomic E-state index is 0.0941. The van der Waals surface area contributed by atoms with Crippen LogP contribution in [0.2, 0.25) is 0 Å². The summed E-state index contributed by atoms with van der Waals surface area (Å²) >= 11 is 1.72. The lowest BCUT2D eigenvalue weighted by Gasteiger charge is -2.38. The highest BCUT2D eigenvalue weighted by molar-refractivity contribution is 7.09. The number of nitrogens with zero attached hydrogens (tertiary/aromatic N) is 5. The van der Waals surface area contributed by atoms with Crippen LogP contribution in [0.3, 0.4) is 0 Å². The van der Waals surface area contributed by atoms with Crippen molar-refractivity contribution in [2.75, 3.05) is 31.1 Å². The van der Waals surface area contributed by atoms with Crippen LogP contribution < -0.4 is 9.64 Å². The second kappa shape index (κ2) is 7.23. The van der Waals surface area contributed by atoms with E-state index in [0.717, 1.165) is 32.0 Å². The Morgan fingerprint density at radius 3 is 2.39 bits per heavy atom. The van der Waals surface area contributed by atoms with Crippen molar-refractivity contribution < 1.29 is 4.74 Å². The zero-order valence-corrected chi connectivity index (χ0v) is 14.7. The molecule has 0 bridgehead atoms. The molecule has 23 heavy (non-hydrogen) atoms. The molecular formula is C16H23N5OS. The Balaban J connectivity index is 1.65. The summed E-state index contributed by atoms with van der Waals surface area (Å²) in [5, 5.41) is 3.22. The number of thiazole rings is 1. The SMILES string of the molecule is CC(C)Oc1nccnc1N1CCN(C(C)c2nccs2)CC1. The van der Waals surface area contributed by atoms with E-state index in [1.165, 1.54) is 5.01 Å². The number of ether oxygens (including phenoxy) is 1. The lowest BCUT2D eigenvalue weighted by atomic mass is 10.2. The Hall–Kier alpha value is -1.73. The van der Waals surface area contributed by atoms with Gasteiger partial charge in [0.25, 0.3) is 5.88 Å². The fourth-order valence-corrected chi connectivity index (χ4v) is 3.49. The maximum Gasteiger partial charge on any atom is 0.257 e. The smallest absolute Gasteiger partial charge is 0.257 e. The molecule has 1 unspecified atom stereocenters. The highest BCUT2D eigenvalue weighted by Gasteiger charge is 2.26. The molecule has 6 nitrogen and oxygen atoms in total. The molecule has 1 aliphatic heterocycles. The van der Waals surface area contributed by atoms with Crippen molar-refractivity contribution in [3.63, 3.8) is 0 Å². The summed E-state index contributed by atoms with van der Waals surface area (Å²) in [6.45, 7) is 10.0. The van der Waals surface area contributed by atoms with E-state index in [4.69, 9.17) is 4.74 Å². The van der Waals surface area contributed by atoms with Crippen molar-refractivity contribution in [2.45, 2.75) is 32.9 Å². The summed E-state index contributed by atoms with van der Waals surface area (Å²) in [5.41, 5.74) is 0. The van der Waals surface area contributed by atoms with E-state index in [1.54, 1.807) is 23.7 Å². The lowest BCUT2D eigenvalue weighted by molar-refractivity contribution is 0.195. The van der Waals surface area contributed by atoms with Crippen molar-refractivity contribution in [3.8, 4) is 5.88 Å². The molecule has 3 rings (SSSR count). The zero-order chi connectivity index (χ0) is 16.2. The van der Waals surface area contributed by atoms with Gasteiger partial charge in [0.05, 0.1) is 12.1 Å². The summed E-state index contributed by atoms with van der Waals surface area (Å²) in [5.74, 6) is 1.48. The first-order chi connectivity index (χ1) is 11.1. The topological polar surface area (TPSA) is 54.4 Å². The predicted molar refractivity (Wildman–Crippen MR) is 92.1 cm³/mol. The molecule has 2 aromatic rings. The van der Waals surface area contributed by atoms with Crippen molar-refractivity contribution in [3.05, 3.63) is 29.0 Å². The number of hydrogen-bond acceptors (Lipinski definition) is 7. The summed E-state index contributed by atoms with van der Waals surface area (Å²) in [4.78, 5) is 18.0. The molecule has 7 heteroatoms. The second-order valence-corrected chi connectivity index (χ2v) is 6.85. The molecule has 0 amide bonds. The monoisotopic (exact) mass is 333 g/mol. The third-order valence-electron chi connectivity index (χ3n) is 3.96. The number of hydrogen-bond donors (Lipinski definition) is 0. The highest BCUT2D eigenvalue weighted by atomic mass is 32.1. The molecule has 1 aliphatic rings. The van der Waals surface area contributed by atoms with Crippen LogP contribution in [-0.4, -0.2) is 52.1 Å². The van der Waals surface area contributed by atoms with Crippen molar-refractivity contribution in [1.29, 1.82) is 0 Å². The number of anilines is 1. The minimum Gasteiger partial charge on any atom is -0.472 e. The Bertz CT molecular complexity index is 611. The Kier molecular flexibility index (Phi) is 5.07. The molecule has 0 N–H and O–H groups in total. The molecule has 3 heterocycles. The highest BCUT2D eigenvalue weighted by Crippen LogP contribution is 2.27. The molecular weight excluding hydrogens is 310 g/mol. The summed E-state index contributed by atoms with van der Waals surface area (Å²) in [6.07, 6.45) is 5.38. The third-order valence-corrected chi connectivity index (χ3v) is 4.91. The molecule has 2 aromatic heterocycles. The molecule has 0 saturated carbocycles. The standard InChI is InChI=1S/C16H23N5OS/c1-12(2)22-15-14(17-4-5-18-15)21-9-7-20(8-10-21)13(3)16-19-6-11-23-16/h4-6,11-13H,7-10H2,1-3H3. The Labute approximate surface area is 141 Å². The minimum atomic E-state index is 0.0941. The van der Waals surface area contributed by atoms with E-state index in [1.807, 2.05) is 25.4 Å². The van der Waals surface area contributed by atoms with E-state index in [2.05, 4.69) is 31.7 Å². The molecule has 0 radical (unpaired) electrons. The van der Waals surface area contributed by atoms with E-state index < -0.39 is 0 Å². The first-order valence-corrected chi connectivity index (χ1v) is 8.89. The van der Waals surface area contributed by atoms with Gasteiger partial charge in [-0.15, -0.1) is 11.3 Å². The van der Waals surface area contributed by atoms with E-state index in [9.17, 15) is 0 Å². The second-order valence-electron chi connectivity index (χ2n) is 5.92. The van der Waals surface area contributed by atoms with Crippen LogP contribution in [0, 0.1) is 0 Å². The van der Waals surface area contributed by atoms with Crippen LogP contribution in [0.15, 0.2) is 24.0 Å². The number of aromatic nitrogens is 3. The van der Waals surface area contributed by atoms with E-state index >= 15 is 0 Å². The van der Waals surface area contributed by atoms with E-state index in [-0.39, 0.29) is 6.10 Å². The third kappa shape index (κ3) is 3.79. The van der Waals surface area contributed by atoms with Gasteiger partial charge in [0, 0.05) is 50.1 Å². The fourth-order valence-electron chi connectivity index (χ4n) is 2.76. The Morgan fingerprint density at radius 1 is 1.00 bits per heavy atom. The molecule has 124 valence electrons. The summed E-state index contributed by atoms with van der Waals surface area (Å²) in [6, 6.07) is 0.366. The fraction of sp³-hybridized carbons (Fsp3) is 0.562. The zero-order valence-electron chi connectivity index (χ0n) is 13.8. The van der Waals surface area contributed by atoms with Gasteiger partial charge in [-0.25, -0.2) is 15.0 Å². The number of piperazine rings is 1. The van der Waals surface area contributed by atoms with Crippen molar-refractivity contribution in [2.24, 2.45) is 0 Å². The van der Waals surface area contributed by atoms with Crippen LogP contribution >= 0.6 is 11.3 Å². The summed E-state index contributed by atoms with van der Waals surface area (Å²) in [7, 11) is 0. The van der Waals surface area contributed by atoms with Gasteiger partial charge in [-0.3, -0.25) is 4.90 Å². The molecule has 0 spiro atoms. The van der Waals surface area contributed by atoms with Crippen LogP contribution in [0.4, 0.5) is 5.82 Å². The van der Waals surface area contributed by atoms with Crippen LogP contribution in [-0.2, 0) is 0 Å². The molecule has 0 aliphatic carbocycles. The van der Waals surface area contributed by atoms with Crippen molar-refractivity contribution in [1.82, 2.24) is 19.9 Å². The van der Waals surface area contributed by atoms with Gasteiger partial charge in [-0.05, 0) is 20.8 Å². The van der Waals surface area contributed by atoms with Crippen LogP contribution in [0.25, 0.3) is 0 Å². The molecule has 0 aromatic carbocycles. The molecule has 1 atom stereocenters. The summed E-state index contributed by atoms with van der Waals surface area (Å²) < 4.78 is 5.79. The van der Waals surface area contributed by atoms with Gasteiger partial charge in [-0.2, -0.15) is 0 Å². The maximum atomic E-state index is 5.79. The maximum absolute atomic E-state index is 5.79. The van der Waals surface area contributed by atoms with Gasteiger partial charge in [0.1, 0.15) is 5.01 Å². The quantitative estimate of drug-likeness (QED) is 0.838. The molecule has 1 saturated heterocycles. The first kappa shape index (κ1) is 16.1. The van der Waals surface area contributed by atoms with E-state index in [0.29, 0.717) is 11.9 Å². The number of rotatable bonds is 5. The van der Waals surface area contributed by atoms with Gasteiger partial charge in [0.15, 0.2) is 5.82 Å². The lowest BCUT2D eigenvalue weighted by Crippen LogP contribution is -2.47. The van der Waals surface area contributed by atoms with Crippen LogP contribution in [0.5, 0.6) is 5.88 Å². The van der Waals surface area contributed by atoms with Crippen molar-refractivity contribution >= 4 is 17.2 Å².